The molecule has 0 radical (unpaired) electrons. The molecule has 0 N–H and O–H groups in total. The maximum absolute atomic E-state index is 13.2. The van der Waals surface area contributed by atoms with E-state index in [2.05, 4.69) is 15.9 Å². The molecule has 0 aliphatic carbocycles. The first-order chi connectivity index (χ1) is 13.0. The summed E-state index contributed by atoms with van der Waals surface area (Å²) in [6.45, 7) is 0. The third kappa shape index (κ3) is 3.34. The zero-order valence-electron chi connectivity index (χ0n) is 13.9. The van der Waals surface area contributed by atoms with Crippen molar-refractivity contribution in [1.82, 2.24) is 0 Å². The molecule has 5 heteroatoms. The van der Waals surface area contributed by atoms with Crippen molar-refractivity contribution in [3.63, 3.8) is 0 Å². The molecule has 0 saturated carbocycles. The van der Waals surface area contributed by atoms with E-state index in [1.807, 2.05) is 36.4 Å². The summed E-state index contributed by atoms with van der Waals surface area (Å²) < 4.78 is 6.28. The fourth-order valence-corrected chi connectivity index (χ4v) is 3.52. The van der Waals surface area contributed by atoms with E-state index in [0.717, 1.165) is 10.0 Å². The van der Waals surface area contributed by atoms with Crippen molar-refractivity contribution >= 4 is 44.3 Å². The molecule has 0 unspecified atom stereocenters. The quantitative estimate of drug-likeness (QED) is 0.286. The standard InChI is InChI=1S/C22H12BrClO3/c23-15-8-11-18-17(12-15)19(13-4-2-1-3-5-13)20(22(26)27-18)21(25)14-6-9-16(24)10-7-14/h1-12H. The lowest BCUT2D eigenvalue weighted by atomic mass is 9.92. The van der Waals surface area contributed by atoms with Crippen LogP contribution >= 0.6 is 27.5 Å². The number of fused-ring (bicyclic) bond motifs is 1. The molecule has 132 valence electrons. The number of hydrogen-bond donors (Lipinski definition) is 0. The third-order valence-corrected chi connectivity index (χ3v) is 5.01. The summed E-state index contributed by atoms with van der Waals surface area (Å²) in [5.74, 6) is -0.402. The minimum atomic E-state index is -0.663. The summed E-state index contributed by atoms with van der Waals surface area (Å²) in [4.78, 5) is 26.0. The van der Waals surface area contributed by atoms with E-state index in [1.54, 1.807) is 36.4 Å². The molecule has 0 saturated heterocycles. The van der Waals surface area contributed by atoms with Gasteiger partial charge in [0.2, 0.25) is 5.78 Å². The second kappa shape index (κ2) is 7.14. The second-order valence-electron chi connectivity index (χ2n) is 5.98. The van der Waals surface area contributed by atoms with Crippen LogP contribution in [0.2, 0.25) is 5.02 Å². The molecule has 0 aliphatic heterocycles. The first-order valence-corrected chi connectivity index (χ1v) is 9.34. The van der Waals surface area contributed by atoms with Crippen molar-refractivity contribution in [2.24, 2.45) is 0 Å². The molecule has 3 aromatic carbocycles. The highest BCUT2D eigenvalue weighted by Crippen LogP contribution is 2.33. The molecule has 0 bridgehead atoms. The molecule has 0 amide bonds. The van der Waals surface area contributed by atoms with Crippen LogP contribution in [0.5, 0.6) is 0 Å². The van der Waals surface area contributed by atoms with Crippen LogP contribution in [0, 0.1) is 0 Å². The summed E-state index contributed by atoms with van der Waals surface area (Å²) in [5, 5.41) is 1.21. The lowest BCUT2D eigenvalue weighted by Gasteiger charge is -2.12. The summed E-state index contributed by atoms with van der Waals surface area (Å²) >= 11 is 9.37. The Morgan fingerprint density at radius 1 is 0.926 bits per heavy atom. The SMILES string of the molecule is O=C(c1ccc(Cl)cc1)c1c(-c2ccccc2)c2cc(Br)ccc2oc1=O. The van der Waals surface area contributed by atoms with Crippen LogP contribution in [0.25, 0.3) is 22.1 Å². The highest BCUT2D eigenvalue weighted by atomic mass is 79.9. The fraction of sp³-hybridized carbons (Fsp3) is 0. The summed E-state index contributed by atoms with van der Waals surface area (Å²) in [6, 6.07) is 21.1. The predicted molar refractivity (Wildman–Crippen MR) is 111 cm³/mol. The molecular formula is C22H12BrClO3. The highest BCUT2D eigenvalue weighted by molar-refractivity contribution is 9.10. The summed E-state index contributed by atoms with van der Waals surface area (Å²) in [7, 11) is 0. The molecule has 4 aromatic rings. The van der Waals surface area contributed by atoms with Crippen LogP contribution in [0.15, 0.2) is 86.5 Å². The van der Waals surface area contributed by atoms with Gasteiger partial charge in [0.1, 0.15) is 11.1 Å². The van der Waals surface area contributed by atoms with E-state index in [-0.39, 0.29) is 5.56 Å². The number of ketones is 1. The van der Waals surface area contributed by atoms with Gasteiger partial charge in [0.05, 0.1) is 0 Å². The third-order valence-electron chi connectivity index (χ3n) is 4.26. The molecular weight excluding hydrogens is 428 g/mol. The van der Waals surface area contributed by atoms with Gasteiger partial charge in [-0.2, -0.15) is 0 Å². The van der Waals surface area contributed by atoms with Crippen molar-refractivity contribution in [2.45, 2.75) is 0 Å². The van der Waals surface area contributed by atoms with Gasteiger partial charge in [0.15, 0.2) is 0 Å². The highest BCUT2D eigenvalue weighted by Gasteiger charge is 2.23. The minimum Gasteiger partial charge on any atom is -0.422 e. The van der Waals surface area contributed by atoms with E-state index in [9.17, 15) is 9.59 Å². The van der Waals surface area contributed by atoms with E-state index in [4.69, 9.17) is 16.0 Å². The van der Waals surface area contributed by atoms with Crippen LogP contribution in [-0.2, 0) is 0 Å². The van der Waals surface area contributed by atoms with Gasteiger partial charge < -0.3 is 4.42 Å². The maximum atomic E-state index is 13.2. The van der Waals surface area contributed by atoms with Gasteiger partial charge in [0, 0.05) is 26.0 Å². The monoisotopic (exact) mass is 438 g/mol. The maximum Gasteiger partial charge on any atom is 0.348 e. The number of carbonyl (C=O) groups excluding carboxylic acids is 1. The number of benzene rings is 3. The smallest absolute Gasteiger partial charge is 0.348 e. The molecule has 0 aliphatic rings. The fourth-order valence-electron chi connectivity index (χ4n) is 3.03. The Hall–Kier alpha value is -2.69. The Bertz CT molecular complexity index is 1210. The van der Waals surface area contributed by atoms with Crippen molar-refractivity contribution in [3.05, 3.63) is 104 Å². The second-order valence-corrected chi connectivity index (χ2v) is 7.33. The van der Waals surface area contributed by atoms with E-state index >= 15 is 0 Å². The van der Waals surface area contributed by atoms with E-state index < -0.39 is 11.4 Å². The van der Waals surface area contributed by atoms with Crippen LogP contribution in [0.3, 0.4) is 0 Å². The molecule has 0 atom stereocenters. The number of rotatable bonds is 3. The first kappa shape index (κ1) is 17.7. The Morgan fingerprint density at radius 3 is 2.33 bits per heavy atom. The predicted octanol–water partition coefficient (Wildman–Crippen LogP) is 6.11. The first-order valence-electron chi connectivity index (χ1n) is 8.16. The molecule has 3 nitrogen and oxygen atoms in total. The van der Waals surface area contributed by atoms with Crippen molar-refractivity contribution in [3.8, 4) is 11.1 Å². The molecule has 0 spiro atoms. The Kier molecular flexibility index (Phi) is 4.68. The molecule has 27 heavy (non-hydrogen) atoms. The topological polar surface area (TPSA) is 47.3 Å². The summed E-state index contributed by atoms with van der Waals surface area (Å²) in [5.41, 5.74) is 1.47. The Morgan fingerprint density at radius 2 is 1.63 bits per heavy atom. The molecule has 4 rings (SSSR count). The zero-order valence-corrected chi connectivity index (χ0v) is 16.3. The number of carbonyl (C=O) groups is 1. The zero-order chi connectivity index (χ0) is 19.0. The largest absolute Gasteiger partial charge is 0.422 e. The Balaban J connectivity index is 2.08. The van der Waals surface area contributed by atoms with Crippen LogP contribution in [0.4, 0.5) is 0 Å². The Labute approximate surface area is 168 Å². The van der Waals surface area contributed by atoms with Gasteiger partial charge in [0.25, 0.3) is 0 Å². The number of hydrogen-bond acceptors (Lipinski definition) is 3. The van der Waals surface area contributed by atoms with Gasteiger partial charge in [-0.15, -0.1) is 0 Å². The molecule has 0 fully saturated rings. The van der Waals surface area contributed by atoms with Crippen LogP contribution < -0.4 is 5.63 Å². The van der Waals surface area contributed by atoms with E-state index in [1.165, 1.54) is 0 Å². The van der Waals surface area contributed by atoms with Crippen LogP contribution in [-0.4, -0.2) is 5.78 Å². The lowest BCUT2D eigenvalue weighted by molar-refractivity contribution is 0.103. The van der Waals surface area contributed by atoms with Gasteiger partial charge in [-0.25, -0.2) is 4.79 Å². The minimum absolute atomic E-state index is 0.00845. The van der Waals surface area contributed by atoms with Gasteiger partial charge in [-0.1, -0.05) is 57.9 Å². The van der Waals surface area contributed by atoms with Crippen molar-refractivity contribution < 1.29 is 9.21 Å². The molecule has 1 heterocycles. The van der Waals surface area contributed by atoms with Crippen molar-refractivity contribution in [2.75, 3.05) is 0 Å². The van der Waals surface area contributed by atoms with Crippen LogP contribution in [0.1, 0.15) is 15.9 Å². The van der Waals surface area contributed by atoms with Crippen molar-refractivity contribution in [1.29, 1.82) is 0 Å². The average molecular weight is 440 g/mol. The normalized spacial score (nSPS) is 10.9. The van der Waals surface area contributed by atoms with Gasteiger partial charge in [-0.3, -0.25) is 4.79 Å². The number of halogens is 2. The van der Waals surface area contributed by atoms with Gasteiger partial charge in [-0.05, 0) is 48.0 Å². The van der Waals surface area contributed by atoms with Gasteiger partial charge >= 0.3 is 5.63 Å². The van der Waals surface area contributed by atoms with E-state index in [0.29, 0.717) is 27.1 Å². The summed E-state index contributed by atoms with van der Waals surface area (Å²) in [6.07, 6.45) is 0. The molecule has 1 aromatic heterocycles. The lowest BCUT2D eigenvalue weighted by Crippen LogP contribution is -2.17. The average Bonchev–Trinajstić information content (AvgIpc) is 2.68.